The number of rotatable bonds is 4. The Bertz CT molecular complexity index is 379. The Morgan fingerprint density at radius 1 is 1.59 bits per heavy atom. The van der Waals surface area contributed by atoms with E-state index in [9.17, 15) is 4.79 Å². The van der Waals surface area contributed by atoms with Gasteiger partial charge in [0.15, 0.2) is 5.82 Å². The van der Waals surface area contributed by atoms with Crippen LogP contribution >= 0.6 is 0 Å². The first-order valence-corrected chi connectivity index (χ1v) is 5.55. The van der Waals surface area contributed by atoms with E-state index in [1.165, 1.54) is 0 Å². The molecule has 0 saturated heterocycles. The molecule has 0 radical (unpaired) electrons. The summed E-state index contributed by atoms with van der Waals surface area (Å²) in [6.45, 7) is 5.65. The minimum atomic E-state index is -0.442. The first kappa shape index (κ1) is 13.5. The first-order chi connectivity index (χ1) is 7.84. The number of carbonyl (C=O) groups is 1. The molecule has 0 saturated carbocycles. The molecular weight excluding hydrogens is 220 g/mol. The van der Waals surface area contributed by atoms with Crippen molar-refractivity contribution >= 4 is 11.8 Å². The summed E-state index contributed by atoms with van der Waals surface area (Å²) in [4.78, 5) is 11.7. The topological polar surface area (TPSA) is 79.2 Å². The molecule has 6 nitrogen and oxygen atoms in total. The van der Waals surface area contributed by atoms with Crippen LogP contribution in [0, 0.1) is 6.92 Å². The average molecular weight is 240 g/mol. The van der Waals surface area contributed by atoms with Crippen molar-refractivity contribution in [3.63, 3.8) is 0 Å². The molecule has 2 amide bonds. The monoisotopic (exact) mass is 240 g/mol. The molecule has 1 aromatic rings. The summed E-state index contributed by atoms with van der Waals surface area (Å²) >= 11 is 0. The van der Waals surface area contributed by atoms with E-state index >= 15 is 0 Å². The molecule has 0 atom stereocenters. The van der Waals surface area contributed by atoms with E-state index in [2.05, 4.69) is 15.7 Å². The normalized spacial score (nSPS) is 11.4. The number of hydrogen-bond acceptors (Lipinski definition) is 3. The largest absolute Gasteiger partial charge is 0.396 e. The molecule has 0 aromatic carbocycles. The predicted molar refractivity (Wildman–Crippen MR) is 65.9 cm³/mol. The van der Waals surface area contributed by atoms with Gasteiger partial charge in [-0.05, 0) is 27.2 Å². The quantitative estimate of drug-likeness (QED) is 0.735. The zero-order valence-electron chi connectivity index (χ0n) is 10.7. The van der Waals surface area contributed by atoms with Crippen LogP contribution < -0.4 is 10.6 Å². The second-order valence-electron chi connectivity index (χ2n) is 4.73. The van der Waals surface area contributed by atoms with Crippen LogP contribution in [0.4, 0.5) is 10.6 Å². The van der Waals surface area contributed by atoms with Gasteiger partial charge in [0.05, 0.1) is 0 Å². The number of aliphatic hydroxyl groups excluding tert-OH is 1. The summed E-state index contributed by atoms with van der Waals surface area (Å²) in [6, 6.07) is 1.47. The van der Waals surface area contributed by atoms with Crippen molar-refractivity contribution in [2.24, 2.45) is 7.05 Å². The minimum Gasteiger partial charge on any atom is -0.396 e. The maximum atomic E-state index is 11.7. The minimum absolute atomic E-state index is 0.0377. The van der Waals surface area contributed by atoms with Crippen LogP contribution in [-0.2, 0) is 7.05 Å². The maximum Gasteiger partial charge on any atom is 0.320 e. The molecule has 0 aliphatic heterocycles. The summed E-state index contributed by atoms with van der Waals surface area (Å²) in [7, 11) is 1.81. The zero-order chi connectivity index (χ0) is 13.1. The molecule has 96 valence electrons. The van der Waals surface area contributed by atoms with Crippen molar-refractivity contribution in [2.75, 3.05) is 11.9 Å². The Morgan fingerprint density at radius 3 is 2.71 bits per heavy atom. The van der Waals surface area contributed by atoms with Gasteiger partial charge >= 0.3 is 6.03 Å². The molecule has 0 spiro atoms. The van der Waals surface area contributed by atoms with E-state index in [-0.39, 0.29) is 12.6 Å². The average Bonchev–Trinajstić information content (AvgIpc) is 2.43. The van der Waals surface area contributed by atoms with Gasteiger partial charge < -0.3 is 10.4 Å². The van der Waals surface area contributed by atoms with E-state index in [0.717, 1.165) is 5.69 Å². The van der Waals surface area contributed by atoms with Crippen LogP contribution in [-0.4, -0.2) is 33.1 Å². The molecule has 1 rings (SSSR count). The lowest BCUT2D eigenvalue weighted by Crippen LogP contribution is -2.46. The van der Waals surface area contributed by atoms with Crippen molar-refractivity contribution in [1.82, 2.24) is 15.1 Å². The van der Waals surface area contributed by atoms with Gasteiger partial charge in [-0.25, -0.2) is 4.79 Å². The smallest absolute Gasteiger partial charge is 0.320 e. The summed E-state index contributed by atoms with van der Waals surface area (Å²) in [5, 5.41) is 18.4. The highest BCUT2D eigenvalue weighted by atomic mass is 16.3. The number of nitrogens with zero attached hydrogens (tertiary/aromatic N) is 2. The van der Waals surface area contributed by atoms with E-state index < -0.39 is 5.54 Å². The molecule has 0 bridgehead atoms. The SMILES string of the molecule is Cc1cc(NC(=O)NC(C)(C)CCO)nn1C. The van der Waals surface area contributed by atoms with Crippen molar-refractivity contribution < 1.29 is 9.90 Å². The predicted octanol–water partition coefficient (Wildman–Crippen LogP) is 1.01. The number of aliphatic hydroxyl groups is 1. The molecule has 17 heavy (non-hydrogen) atoms. The van der Waals surface area contributed by atoms with Crippen LogP contribution in [0.2, 0.25) is 0 Å². The van der Waals surface area contributed by atoms with Gasteiger partial charge in [-0.1, -0.05) is 0 Å². The number of aryl methyl sites for hydroxylation is 2. The van der Waals surface area contributed by atoms with Gasteiger partial charge in [0.1, 0.15) is 0 Å². The third-order valence-electron chi connectivity index (χ3n) is 2.54. The van der Waals surface area contributed by atoms with Gasteiger partial charge in [-0.2, -0.15) is 5.10 Å². The van der Waals surface area contributed by atoms with Crippen LogP contribution in [0.3, 0.4) is 0 Å². The Balaban J connectivity index is 2.55. The highest BCUT2D eigenvalue weighted by Gasteiger charge is 2.20. The summed E-state index contributed by atoms with van der Waals surface area (Å²) in [5.74, 6) is 0.516. The van der Waals surface area contributed by atoms with Gasteiger partial charge in [-0.15, -0.1) is 0 Å². The fraction of sp³-hybridized carbons (Fsp3) is 0.636. The number of urea groups is 1. The first-order valence-electron chi connectivity index (χ1n) is 5.55. The lowest BCUT2D eigenvalue weighted by atomic mass is 10.0. The van der Waals surface area contributed by atoms with Crippen molar-refractivity contribution in [2.45, 2.75) is 32.7 Å². The van der Waals surface area contributed by atoms with Crippen molar-refractivity contribution in [1.29, 1.82) is 0 Å². The molecule has 6 heteroatoms. The molecular formula is C11H20N4O2. The molecule has 0 aliphatic rings. The van der Waals surface area contributed by atoms with Crippen molar-refractivity contribution in [3.05, 3.63) is 11.8 Å². The standard InChI is InChI=1S/C11H20N4O2/c1-8-7-9(14-15(8)4)12-10(17)13-11(2,3)5-6-16/h7,16H,5-6H2,1-4H3,(H2,12,13,14,17). The lowest BCUT2D eigenvalue weighted by Gasteiger charge is -2.25. The van der Waals surface area contributed by atoms with Crippen LogP contribution in [0.5, 0.6) is 0 Å². The van der Waals surface area contributed by atoms with E-state index in [1.807, 2.05) is 27.8 Å². The van der Waals surface area contributed by atoms with E-state index in [0.29, 0.717) is 12.2 Å². The number of carbonyl (C=O) groups excluding carboxylic acids is 1. The Labute approximate surface area is 101 Å². The summed E-state index contributed by atoms with van der Waals surface area (Å²) in [5.41, 5.74) is 0.526. The highest BCUT2D eigenvalue weighted by molar-refractivity contribution is 5.88. The maximum absolute atomic E-state index is 11.7. The number of amides is 2. The van der Waals surface area contributed by atoms with Gasteiger partial charge in [0.25, 0.3) is 0 Å². The summed E-state index contributed by atoms with van der Waals surface area (Å²) in [6.07, 6.45) is 0.502. The third-order valence-corrected chi connectivity index (χ3v) is 2.54. The Kier molecular flexibility index (Phi) is 4.11. The van der Waals surface area contributed by atoms with E-state index in [1.54, 1.807) is 10.7 Å². The number of nitrogens with one attached hydrogen (secondary N) is 2. The van der Waals surface area contributed by atoms with Crippen molar-refractivity contribution in [3.8, 4) is 0 Å². The Hall–Kier alpha value is -1.56. The van der Waals surface area contributed by atoms with Gasteiger partial charge in [-0.3, -0.25) is 10.00 Å². The molecule has 0 fully saturated rings. The van der Waals surface area contributed by atoms with Crippen LogP contribution in [0.25, 0.3) is 0 Å². The number of anilines is 1. The van der Waals surface area contributed by atoms with Gasteiger partial charge in [0.2, 0.25) is 0 Å². The summed E-state index contributed by atoms with van der Waals surface area (Å²) < 4.78 is 1.69. The molecule has 0 unspecified atom stereocenters. The second-order valence-corrected chi connectivity index (χ2v) is 4.73. The zero-order valence-corrected chi connectivity index (χ0v) is 10.7. The van der Waals surface area contributed by atoms with Crippen LogP contribution in [0.15, 0.2) is 6.07 Å². The highest BCUT2D eigenvalue weighted by Crippen LogP contribution is 2.09. The lowest BCUT2D eigenvalue weighted by molar-refractivity contribution is 0.218. The molecule has 3 N–H and O–H groups in total. The molecule has 1 aromatic heterocycles. The third kappa shape index (κ3) is 4.07. The van der Waals surface area contributed by atoms with E-state index in [4.69, 9.17) is 5.11 Å². The van der Waals surface area contributed by atoms with Crippen LogP contribution in [0.1, 0.15) is 26.0 Å². The molecule has 0 aliphatic carbocycles. The number of hydrogen-bond donors (Lipinski definition) is 3. The number of aromatic nitrogens is 2. The fourth-order valence-electron chi connectivity index (χ4n) is 1.42. The van der Waals surface area contributed by atoms with Gasteiger partial charge in [0, 0.05) is 31.0 Å². The Morgan fingerprint density at radius 2 is 2.24 bits per heavy atom. The fourth-order valence-corrected chi connectivity index (χ4v) is 1.42. The second kappa shape index (κ2) is 5.18. The molecule has 1 heterocycles.